The molecule has 2 aliphatic rings. The van der Waals surface area contributed by atoms with Gasteiger partial charge >= 0.3 is 0 Å². The summed E-state index contributed by atoms with van der Waals surface area (Å²) in [6, 6.07) is 5.74. The second-order valence-electron chi connectivity index (χ2n) is 5.49. The molecule has 0 radical (unpaired) electrons. The number of rotatable bonds is 3. The normalized spacial score (nSPS) is 16.9. The van der Waals surface area contributed by atoms with E-state index in [1.165, 1.54) is 0 Å². The quantitative estimate of drug-likeness (QED) is 0.889. The van der Waals surface area contributed by atoms with E-state index < -0.39 is 0 Å². The van der Waals surface area contributed by atoms with Gasteiger partial charge in [0.1, 0.15) is 5.82 Å². The van der Waals surface area contributed by atoms with E-state index in [9.17, 15) is 4.79 Å². The molecular formula is C16H17N5O2. The Balaban J connectivity index is 1.54. The average molecular weight is 311 g/mol. The fourth-order valence-corrected chi connectivity index (χ4v) is 2.86. The Kier molecular flexibility index (Phi) is 3.55. The van der Waals surface area contributed by atoms with E-state index in [0.717, 1.165) is 43.4 Å². The molecule has 0 saturated carbocycles. The summed E-state index contributed by atoms with van der Waals surface area (Å²) in [5, 5.41) is 5.99. The van der Waals surface area contributed by atoms with Crippen LogP contribution in [0.25, 0.3) is 0 Å². The molecule has 0 atom stereocenters. The highest BCUT2D eigenvalue weighted by atomic mass is 16.5. The average Bonchev–Trinajstić information content (AvgIpc) is 2.99. The molecule has 0 spiro atoms. The Labute approximate surface area is 133 Å². The Bertz CT molecular complexity index is 726. The molecule has 1 fully saturated rings. The van der Waals surface area contributed by atoms with Crippen LogP contribution >= 0.6 is 0 Å². The van der Waals surface area contributed by atoms with Crippen LogP contribution in [0.1, 0.15) is 16.1 Å². The molecule has 1 saturated heterocycles. The summed E-state index contributed by atoms with van der Waals surface area (Å²) in [5.41, 5.74) is 3.18. The molecule has 2 N–H and O–H groups in total. The minimum absolute atomic E-state index is 0.0967. The lowest BCUT2D eigenvalue weighted by molar-refractivity contribution is 0.0966. The van der Waals surface area contributed by atoms with Crippen molar-refractivity contribution in [3.63, 3.8) is 0 Å². The van der Waals surface area contributed by atoms with Crippen molar-refractivity contribution in [1.29, 1.82) is 0 Å². The maximum atomic E-state index is 11.9. The van der Waals surface area contributed by atoms with Gasteiger partial charge in [0.05, 0.1) is 48.6 Å². The standard InChI is InChI=1S/C16H17N5O2/c22-16-15-12(3-4-17-13(15)10-19-16)20-14-2-1-11(9-18-14)21-5-7-23-8-6-21/h1-4,9H,5-8,10H2,(H,19,22)(H,17,18,20). The van der Waals surface area contributed by atoms with Gasteiger partial charge in [-0.25, -0.2) is 4.98 Å². The lowest BCUT2D eigenvalue weighted by atomic mass is 10.2. The maximum absolute atomic E-state index is 11.9. The first-order valence-electron chi connectivity index (χ1n) is 7.63. The number of amides is 1. The van der Waals surface area contributed by atoms with Crippen LogP contribution in [0, 0.1) is 0 Å². The number of aromatic nitrogens is 2. The molecule has 0 aliphatic carbocycles. The van der Waals surface area contributed by atoms with E-state index in [1.807, 2.05) is 18.3 Å². The summed E-state index contributed by atoms with van der Waals surface area (Å²) < 4.78 is 5.36. The topological polar surface area (TPSA) is 79.4 Å². The number of morpholine rings is 1. The van der Waals surface area contributed by atoms with Crippen molar-refractivity contribution in [2.24, 2.45) is 0 Å². The molecule has 4 heterocycles. The first-order valence-corrected chi connectivity index (χ1v) is 7.63. The van der Waals surface area contributed by atoms with Crippen molar-refractivity contribution < 1.29 is 9.53 Å². The third-order valence-electron chi connectivity index (χ3n) is 4.06. The highest BCUT2D eigenvalue weighted by Crippen LogP contribution is 2.25. The molecule has 2 aromatic rings. The number of nitrogens with one attached hydrogen (secondary N) is 2. The summed E-state index contributed by atoms with van der Waals surface area (Å²) >= 11 is 0. The zero-order valence-electron chi connectivity index (χ0n) is 12.6. The van der Waals surface area contributed by atoms with E-state index in [0.29, 0.717) is 17.9 Å². The number of carbonyl (C=O) groups excluding carboxylic acids is 1. The first kappa shape index (κ1) is 14.0. The van der Waals surface area contributed by atoms with Gasteiger partial charge in [-0.15, -0.1) is 0 Å². The van der Waals surface area contributed by atoms with Gasteiger partial charge in [0.15, 0.2) is 0 Å². The van der Waals surface area contributed by atoms with Gasteiger partial charge in [-0.05, 0) is 18.2 Å². The van der Waals surface area contributed by atoms with Crippen molar-refractivity contribution in [3.05, 3.63) is 41.9 Å². The Hall–Kier alpha value is -2.67. The van der Waals surface area contributed by atoms with Crippen LogP contribution in [-0.4, -0.2) is 42.2 Å². The summed E-state index contributed by atoms with van der Waals surface area (Å²) in [6.07, 6.45) is 3.54. The molecule has 1 amide bonds. The molecule has 7 heteroatoms. The maximum Gasteiger partial charge on any atom is 0.255 e. The summed E-state index contributed by atoms with van der Waals surface area (Å²) in [4.78, 5) is 22.8. The van der Waals surface area contributed by atoms with E-state index in [1.54, 1.807) is 12.3 Å². The molecule has 118 valence electrons. The Morgan fingerprint density at radius 1 is 1.17 bits per heavy atom. The molecule has 0 aromatic carbocycles. The highest BCUT2D eigenvalue weighted by Gasteiger charge is 2.23. The van der Waals surface area contributed by atoms with E-state index in [2.05, 4.69) is 25.5 Å². The fraction of sp³-hybridized carbons (Fsp3) is 0.312. The van der Waals surface area contributed by atoms with Gasteiger partial charge in [-0.2, -0.15) is 0 Å². The van der Waals surface area contributed by atoms with E-state index in [-0.39, 0.29) is 5.91 Å². The molecule has 0 bridgehead atoms. The largest absolute Gasteiger partial charge is 0.378 e. The molecule has 0 unspecified atom stereocenters. The van der Waals surface area contributed by atoms with Crippen LogP contribution in [0.3, 0.4) is 0 Å². The monoisotopic (exact) mass is 311 g/mol. The van der Waals surface area contributed by atoms with Crippen molar-refractivity contribution in [2.45, 2.75) is 6.54 Å². The summed E-state index contributed by atoms with van der Waals surface area (Å²) in [7, 11) is 0. The second-order valence-corrected chi connectivity index (χ2v) is 5.49. The van der Waals surface area contributed by atoms with Crippen LogP contribution in [0.4, 0.5) is 17.2 Å². The zero-order chi connectivity index (χ0) is 15.6. The van der Waals surface area contributed by atoms with Crippen LogP contribution in [-0.2, 0) is 11.3 Å². The zero-order valence-corrected chi connectivity index (χ0v) is 12.6. The number of hydrogen-bond donors (Lipinski definition) is 2. The Morgan fingerprint density at radius 3 is 2.83 bits per heavy atom. The van der Waals surface area contributed by atoms with Crippen LogP contribution in [0.15, 0.2) is 30.6 Å². The third kappa shape index (κ3) is 2.70. The SMILES string of the molecule is O=C1NCc2nccc(Nc3ccc(N4CCOCC4)cn3)c21. The van der Waals surface area contributed by atoms with Crippen molar-refractivity contribution in [2.75, 3.05) is 36.5 Å². The van der Waals surface area contributed by atoms with Crippen LogP contribution < -0.4 is 15.5 Å². The second kappa shape index (κ2) is 5.85. The number of hydrogen-bond acceptors (Lipinski definition) is 6. The Morgan fingerprint density at radius 2 is 2.04 bits per heavy atom. The van der Waals surface area contributed by atoms with E-state index in [4.69, 9.17) is 4.74 Å². The van der Waals surface area contributed by atoms with Crippen molar-refractivity contribution in [1.82, 2.24) is 15.3 Å². The smallest absolute Gasteiger partial charge is 0.255 e. The number of fused-ring (bicyclic) bond motifs is 1. The van der Waals surface area contributed by atoms with Crippen molar-refractivity contribution in [3.8, 4) is 0 Å². The molecule has 23 heavy (non-hydrogen) atoms. The first-order chi connectivity index (χ1) is 11.3. The number of anilines is 3. The number of pyridine rings is 2. The third-order valence-corrected chi connectivity index (χ3v) is 4.06. The van der Waals surface area contributed by atoms with Gasteiger partial charge in [-0.1, -0.05) is 0 Å². The fourth-order valence-electron chi connectivity index (χ4n) is 2.86. The molecule has 2 aliphatic heterocycles. The van der Waals surface area contributed by atoms with Gasteiger partial charge in [0.2, 0.25) is 0 Å². The number of ether oxygens (including phenoxy) is 1. The van der Waals surface area contributed by atoms with Crippen LogP contribution in [0.5, 0.6) is 0 Å². The lowest BCUT2D eigenvalue weighted by Crippen LogP contribution is -2.36. The predicted octanol–water partition coefficient (Wildman–Crippen LogP) is 1.30. The highest BCUT2D eigenvalue weighted by molar-refractivity contribution is 6.03. The van der Waals surface area contributed by atoms with Gasteiger partial charge in [0, 0.05) is 19.3 Å². The van der Waals surface area contributed by atoms with Crippen molar-refractivity contribution >= 4 is 23.1 Å². The molecular weight excluding hydrogens is 294 g/mol. The van der Waals surface area contributed by atoms with Gasteiger partial charge in [-0.3, -0.25) is 9.78 Å². The minimum atomic E-state index is -0.0967. The molecule has 4 rings (SSSR count). The van der Waals surface area contributed by atoms with Crippen LogP contribution in [0.2, 0.25) is 0 Å². The number of nitrogens with zero attached hydrogens (tertiary/aromatic N) is 3. The minimum Gasteiger partial charge on any atom is -0.378 e. The lowest BCUT2D eigenvalue weighted by Gasteiger charge is -2.28. The predicted molar refractivity (Wildman–Crippen MR) is 86.0 cm³/mol. The van der Waals surface area contributed by atoms with Gasteiger partial charge < -0.3 is 20.3 Å². The summed E-state index contributed by atoms with van der Waals surface area (Å²) in [6.45, 7) is 3.74. The molecule has 2 aromatic heterocycles. The van der Waals surface area contributed by atoms with E-state index >= 15 is 0 Å². The summed E-state index contributed by atoms with van der Waals surface area (Å²) in [5.74, 6) is 0.607. The van der Waals surface area contributed by atoms with Gasteiger partial charge in [0.25, 0.3) is 5.91 Å². The number of carbonyl (C=O) groups is 1. The molecule has 7 nitrogen and oxygen atoms in total.